The maximum atomic E-state index is 5.52. The first-order chi connectivity index (χ1) is 13.1. The van der Waals surface area contributed by atoms with Gasteiger partial charge in [-0.1, -0.05) is 6.07 Å². The predicted molar refractivity (Wildman–Crippen MR) is 106 cm³/mol. The molecule has 6 heteroatoms. The van der Waals surface area contributed by atoms with E-state index in [1.165, 1.54) is 0 Å². The Kier molecular flexibility index (Phi) is 5.69. The number of aromatic nitrogens is 1. The summed E-state index contributed by atoms with van der Waals surface area (Å²) in [6, 6.07) is 12.3. The van der Waals surface area contributed by atoms with Crippen LogP contribution < -0.4 is 47.5 Å². The van der Waals surface area contributed by atoms with Gasteiger partial charge in [-0.15, -0.1) is 0 Å². The number of pyridine rings is 1. The number of aryl methyl sites for hydroxylation is 1. The highest BCUT2D eigenvalue weighted by Crippen LogP contribution is 2.38. The highest BCUT2D eigenvalue weighted by Gasteiger charge is 2.18. The van der Waals surface area contributed by atoms with Crippen molar-refractivity contribution in [3.05, 3.63) is 42.6 Å². The Morgan fingerprint density at radius 2 is 1.11 bits per heavy atom. The van der Waals surface area contributed by atoms with E-state index >= 15 is 0 Å². The van der Waals surface area contributed by atoms with Crippen LogP contribution in [0.1, 0.15) is 0 Å². The molecule has 5 nitrogen and oxygen atoms in total. The van der Waals surface area contributed by atoms with Crippen LogP contribution in [0.3, 0.4) is 0 Å². The van der Waals surface area contributed by atoms with E-state index < -0.39 is 0 Å². The van der Waals surface area contributed by atoms with Crippen molar-refractivity contribution in [2.75, 3.05) is 28.4 Å². The Labute approximate surface area is 180 Å². The Morgan fingerprint density at radius 1 is 0.607 bits per heavy atom. The zero-order valence-electron chi connectivity index (χ0n) is 16.5. The number of hydrogen-bond donors (Lipinski definition) is 0. The second kappa shape index (κ2) is 7.87. The largest absolute Gasteiger partial charge is 1.00 e. The molecule has 0 saturated carbocycles. The van der Waals surface area contributed by atoms with Crippen molar-refractivity contribution >= 4 is 32.4 Å². The van der Waals surface area contributed by atoms with Gasteiger partial charge in [-0.3, -0.25) is 0 Å². The van der Waals surface area contributed by atoms with Crippen LogP contribution in [-0.2, 0) is 7.05 Å². The lowest BCUT2D eigenvalue weighted by Crippen LogP contribution is -3.00. The number of fused-ring (bicyclic) bond motifs is 5. The van der Waals surface area contributed by atoms with E-state index in [9.17, 15) is 0 Å². The minimum Gasteiger partial charge on any atom is -1.00 e. The van der Waals surface area contributed by atoms with Crippen LogP contribution in [0.25, 0.3) is 32.4 Å². The van der Waals surface area contributed by atoms with Crippen molar-refractivity contribution in [1.82, 2.24) is 0 Å². The summed E-state index contributed by atoms with van der Waals surface area (Å²) in [6.07, 6.45) is 2.11. The molecule has 1 aromatic heterocycles. The number of methoxy groups -OCH3 is 4. The molecule has 0 N–H and O–H groups in total. The summed E-state index contributed by atoms with van der Waals surface area (Å²) in [6.45, 7) is 0. The van der Waals surface area contributed by atoms with Crippen molar-refractivity contribution in [2.45, 2.75) is 0 Å². The van der Waals surface area contributed by atoms with Crippen molar-refractivity contribution in [3.63, 3.8) is 0 Å². The summed E-state index contributed by atoms with van der Waals surface area (Å²) in [5, 5.41) is 5.52. The summed E-state index contributed by atoms with van der Waals surface area (Å²) in [4.78, 5) is 0. The molecule has 0 radical (unpaired) electrons. The Hall–Kier alpha value is -2.48. The van der Waals surface area contributed by atoms with Gasteiger partial charge >= 0.3 is 0 Å². The van der Waals surface area contributed by atoms with Gasteiger partial charge in [0.2, 0.25) is 5.52 Å². The summed E-state index contributed by atoms with van der Waals surface area (Å²) >= 11 is 0. The van der Waals surface area contributed by atoms with Crippen molar-refractivity contribution in [2.24, 2.45) is 7.05 Å². The quantitative estimate of drug-likeness (QED) is 0.243. The predicted octanol–water partition coefficient (Wildman–Crippen LogP) is 1.01. The van der Waals surface area contributed by atoms with Crippen LogP contribution in [-0.4, -0.2) is 28.4 Å². The molecule has 0 bridgehead atoms. The van der Waals surface area contributed by atoms with Gasteiger partial charge in [-0.05, 0) is 35.7 Å². The van der Waals surface area contributed by atoms with Crippen molar-refractivity contribution in [3.8, 4) is 23.0 Å². The molecule has 28 heavy (non-hydrogen) atoms. The molecule has 0 fully saturated rings. The average molecular weight is 491 g/mol. The van der Waals surface area contributed by atoms with Crippen LogP contribution in [0.2, 0.25) is 0 Å². The molecule has 1 heterocycles. The number of rotatable bonds is 4. The molecule has 0 unspecified atom stereocenters. The van der Waals surface area contributed by atoms with Gasteiger partial charge in [-0.2, -0.15) is 4.57 Å². The molecule has 4 aromatic rings. The molecule has 146 valence electrons. The molecule has 3 aromatic carbocycles. The van der Waals surface area contributed by atoms with E-state index in [-0.39, 0.29) is 24.0 Å². The van der Waals surface area contributed by atoms with Crippen LogP contribution in [0, 0.1) is 0 Å². The third-order valence-electron chi connectivity index (χ3n) is 5.03. The fourth-order valence-electron chi connectivity index (χ4n) is 3.74. The number of hydrogen-bond acceptors (Lipinski definition) is 4. The fourth-order valence-corrected chi connectivity index (χ4v) is 3.74. The molecule has 0 saturated heterocycles. The Morgan fingerprint density at radius 3 is 1.68 bits per heavy atom. The van der Waals surface area contributed by atoms with Gasteiger partial charge in [0.15, 0.2) is 29.2 Å². The molecule has 4 rings (SSSR count). The lowest BCUT2D eigenvalue weighted by molar-refractivity contribution is -0.642. The zero-order chi connectivity index (χ0) is 19.1. The first kappa shape index (κ1) is 20.3. The van der Waals surface area contributed by atoms with Crippen LogP contribution in [0.5, 0.6) is 23.0 Å². The molecule has 0 atom stereocenters. The number of halogens is 1. The Balaban J connectivity index is 0.00000225. The van der Waals surface area contributed by atoms with Gasteiger partial charge < -0.3 is 42.9 Å². The Bertz CT molecular complexity index is 1190. The highest BCUT2D eigenvalue weighted by atomic mass is 127. The number of nitrogens with zero attached hydrogens (tertiary/aromatic N) is 1. The van der Waals surface area contributed by atoms with Crippen LogP contribution >= 0.6 is 0 Å². The fraction of sp³-hybridized carbons (Fsp3) is 0.227. The van der Waals surface area contributed by atoms with Crippen LogP contribution in [0.15, 0.2) is 42.6 Å². The molecule has 0 spiro atoms. The normalized spacial score (nSPS) is 10.8. The second-order valence-electron chi connectivity index (χ2n) is 6.42. The van der Waals surface area contributed by atoms with Crippen molar-refractivity contribution in [1.29, 1.82) is 0 Å². The van der Waals surface area contributed by atoms with Gasteiger partial charge in [0.05, 0.1) is 44.6 Å². The molecule has 0 amide bonds. The average Bonchev–Trinajstić information content (AvgIpc) is 2.71. The molecule has 0 aliphatic carbocycles. The minimum absolute atomic E-state index is 0. The number of ether oxygens (including phenoxy) is 4. The lowest BCUT2D eigenvalue weighted by atomic mass is 10.00. The van der Waals surface area contributed by atoms with Gasteiger partial charge in [0.1, 0.15) is 7.05 Å². The summed E-state index contributed by atoms with van der Waals surface area (Å²) < 4.78 is 24.1. The smallest absolute Gasteiger partial charge is 0.220 e. The van der Waals surface area contributed by atoms with E-state index in [1.54, 1.807) is 28.4 Å². The van der Waals surface area contributed by atoms with E-state index in [4.69, 9.17) is 18.9 Å². The van der Waals surface area contributed by atoms with E-state index in [0.29, 0.717) is 11.5 Å². The standard InChI is InChI=1S/C22H22NO4.HI/c1-23-12-14-9-19(25-3)20(26-4)10-16(14)15-7-6-13-8-18(24-2)21(27-5)11-17(13)22(15)23;/h6-12H,1-5H3;1H/q+1;/p-1. The third kappa shape index (κ3) is 3.05. The van der Waals surface area contributed by atoms with Gasteiger partial charge in [0, 0.05) is 5.39 Å². The zero-order valence-corrected chi connectivity index (χ0v) is 18.7. The third-order valence-corrected chi connectivity index (χ3v) is 5.03. The van der Waals surface area contributed by atoms with Gasteiger partial charge in [-0.25, -0.2) is 0 Å². The highest BCUT2D eigenvalue weighted by molar-refractivity contribution is 6.14. The molecule has 0 aliphatic heterocycles. The summed E-state index contributed by atoms with van der Waals surface area (Å²) in [7, 11) is 8.66. The first-order valence-corrected chi connectivity index (χ1v) is 8.64. The van der Waals surface area contributed by atoms with E-state index in [0.717, 1.165) is 43.9 Å². The molecular formula is C22H22INO4. The topological polar surface area (TPSA) is 40.8 Å². The lowest BCUT2D eigenvalue weighted by Gasteiger charge is -2.12. The minimum atomic E-state index is 0. The van der Waals surface area contributed by atoms with Gasteiger partial charge in [0.25, 0.3) is 0 Å². The second-order valence-corrected chi connectivity index (χ2v) is 6.42. The molecule has 0 aliphatic rings. The summed E-state index contributed by atoms with van der Waals surface area (Å²) in [5.74, 6) is 2.87. The first-order valence-electron chi connectivity index (χ1n) is 8.64. The monoisotopic (exact) mass is 491 g/mol. The summed E-state index contributed by atoms with van der Waals surface area (Å²) in [5.41, 5.74) is 1.12. The SMILES string of the molecule is COc1cc2c[n+](C)c3c4cc(OC)c(OC)cc4ccc3c2cc1OC.[I-]. The maximum Gasteiger partial charge on any atom is 0.220 e. The van der Waals surface area contributed by atoms with E-state index in [1.807, 2.05) is 24.3 Å². The van der Waals surface area contributed by atoms with Crippen LogP contribution in [0.4, 0.5) is 0 Å². The molecular weight excluding hydrogens is 469 g/mol. The van der Waals surface area contributed by atoms with Crippen molar-refractivity contribution < 1.29 is 47.5 Å². The number of benzene rings is 3. The maximum absolute atomic E-state index is 5.52. The van der Waals surface area contributed by atoms with E-state index in [2.05, 4.69) is 29.9 Å².